The van der Waals surface area contributed by atoms with E-state index in [4.69, 9.17) is 16.3 Å². The third-order valence-corrected chi connectivity index (χ3v) is 3.85. The Morgan fingerprint density at radius 2 is 1.86 bits per heavy atom. The molecule has 0 bridgehead atoms. The normalized spacial score (nSPS) is 12.2. The summed E-state index contributed by atoms with van der Waals surface area (Å²) in [5.41, 5.74) is 3.43. The molecule has 0 spiro atoms. The van der Waals surface area contributed by atoms with Crippen LogP contribution in [0, 0.1) is 6.92 Å². The fourth-order valence-electron chi connectivity index (χ4n) is 2.21. The summed E-state index contributed by atoms with van der Waals surface area (Å²) >= 11 is 6.21. The topological polar surface area (TPSA) is 21.3 Å². The first-order valence-corrected chi connectivity index (χ1v) is 7.69. The lowest BCUT2D eigenvalue weighted by molar-refractivity contribution is 0.306. The van der Waals surface area contributed by atoms with Crippen molar-refractivity contribution in [2.75, 3.05) is 6.54 Å². The van der Waals surface area contributed by atoms with Gasteiger partial charge in [0.05, 0.1) is 0 Å². The molecule has 0 heterocycles. The van der Waals surface area contributed by atoms with Gasteiger partial charge in [0.1, 0.15) is 12.4 Å². The fourth-order valence-corrected chi connectivity index (χ4v) is 2.50. The molecular formula is C18H22ClNO. The van der Waals surface area contributed by atoms with Gasteiger partial charge in [-0.15, -0.1) is 0 Å². The number of hydrogen-bond donors (Lipinski definition) is 1. The standard InChI is InChI=1S/C18H22ClNO/c1-4-20-14(3)15-7-9-17(10-8-15)21-12-16-6-5-13(2)11-18(16)19/h5-11,14,20H,4,12H2,1-3H3. The van der Waals surface area contributed by atoms with Gasteiger partial charge in [0.15, 0.2) is 0 Å². The molecule has 1 unspecified atom stereocenters. The third-order valence-electron chi connectivity index (χ3n) is 3.49. The lowest BCUT2D eigenvalue weighted by Crippen LogP contribution is -2.17. The summed E-state index contributed by atoms with van der Waals surface area (Å²) in [7, 11) is 0. The van der Waals surface area contributed by atoms with E-state index in [9.17, 15) is 0 Å². The predicted octanol–water partition coefficient (Wildman–Crippen LogP) is 4.90. The fraction of sp³-hybridized carbons (Fsp3) is 0.333. The highest BCUT2D eigenvalue weighted by molar-refractivity contribution is 6.31. The molecule has 0 radical (unpaired) electrons. The van der Waals surface area contributed by atoms with E-state index < -0.39 is 0 Å². The molecule has 112 valence electrons. The Hall–Kier alpha value is -1.51. The maximum absolute atomic E-state index is 6.21. The van der Waals surface area contributed by atoms with Crippen molar-refractivity contribution < 1.29 is 4.74 Å². The molecule has 0 saturated carbocycles. The molecule has 1 N–H and O–H groups in total. The zero-order valence-corrected chi connectivity index (χ0v) is 13.6. The quantitative estimate of drug-likeness (QED) is 0.819. The molecule has 3 heteroatoms. The van der Waals surface area contributed by atoms with E-state index in [1.165, 1.54) is 5.56 Å². The molecule has 2 rings (SSSR count). The van der Waals surface area contributed by atoms with E-state index in [1.807, 2.05) is 37.3 Å². The van der Waals surface area contributed by atoms with E-state index in [1.54, 1.807) is 0 Å². The Kier molecular flexibility index (Phi) is 5.66. The van der Waals surface area contributed by atoms with Crippen molar-refractivity contribution >= 4 is 11.6 Å². The van der Waals surface area contributed by atoms with Crippen molar-refractivity contribution in [3.63, 3.8) is 0 Å². The van der Waals surface area contributed by atoms with Crippen molar-refractivity contribution in [1.29, 1.82) is 0 Å². The van der Waals surface area contributed by atoms with Gasteiger partial charge < -0.3 is 10.1 Å². The summed E-state index contributed by atoms with van der Waals surface area (Å²) < 4.78 is 5.80. The molecule has 2 aromatic carbocycles. The van der Waals surface area contributed by atoms with Crippen LogP contribution in [0.2, 0.25) is 5.02 Å². The molecule has 21 heavy (non-hydrogen) atoms. The van der Waals surface area contributed by atoms with Gasteiger partial charge in [-0.05, 0) is 49.7 Å². The largest absolute Gasteiger partial charge is 0.489 e. The van der Waals surface area contributed by atoms with Gasteiger partial charge in [-0.2, -0.15) is 0 Å². The van der Waals surface area contributed by atoms with Crippen LogP contribution in [-0.2, 0) is 6.61 Å². The minimum atomic E-state index is 0.357. The molecule has 1 atom stereocenters. The monoisotopic (exact) mass is 303 g/mol. The second-order valence-corrected chi connectivity index (χ2v) is 5.64. The number of nitrogens with one attached hydrogen (secondary N) is 1. The van der Waals surface area contributed by atoms with Crippen LogP contribution >= 0.6 is 11.6 Å². The molecule has 2 nitrogen and oxygen atoms in total. The van der Waals surface area contributed by atoms with Crippen LogP contribution in [0.15, 0.2) is 42.5 Å². The van der Waals surface area contributed by atoms with Crippen LogP contribution in [-0.4, -0.2) is 6.54 Å². The minimum absolute atomic E-state index is 0.357. The lowest BCUT2D eigenvalue weighted by atomic mass is 10.1. The molecule has 0 amide bonds. The first-order valence-electron chi connectivity index (χ1n) is 7.31. The van der Waals surface area contributed by atoms with Crippen LogP contribution in [0.25, 0.3) is 0 Å². The number of aryl methyl sites for hydroxylation is 1. The highest BCUT2D eigenvalue weighted by atomic mass is 35.5. The Bertz CT molecular complexity index is 580. The summed E-state index contributed by atoms with van der Waals surface area (Å²) in [6, 6.07) is 14.6. The van der Waals surface area contributed by atoms with Crippen LogP contribution in [0.3, 0.4) is 0 Å². The summed E-state index contributed by atoms with van der Waals surface area (Å²) in [6.45, 7) is 7.75. The summed E-state index contributed by atoms with van der Waals surface area (Å²) in [5.74, 6) is 0.860. The van der Waals surface area contributed by atoms with Crippen LogP contribution in [0.5, 0.6) is 5.75 Å². The smallest absolute Gasteiger partial charge is 0.119 e. The molecule has 0 aromatic heterocycles. The zero-order chi connectivity index (χ0) is 15.2. The maximum Gasteiger partial charge on any atom is 0.119 e. The first kappa shape index (κ1) is 15.9. The average Bonchev–Trinajstić information content (AvgIpc) is 2.47. The van der Waals surface area contributed by atoms with Gasteiger partial charge in [-0.3, -0.25) is 0 Å². The van der Waals surface area contributed by atoms with Gasteiger partial charge in [-0.1, -0.05) is 42.8 Å². The molecule has 0 aliphatic heterocycles. The number of rotatable bonds is 6. The molecule has 0 aliphatic carbocycles. The number of halogens is 1. The maximum atomic E-state index is 6.21. The zero-order valence-electron chi connectivity index (χ0n) is 12.8. The van der Waals surface area contributed by atoms with E-state index in [2.05, 4.69) is 31.3 Å². The van der Waals surface area contributed by atoms with E-state index in [0.717, 1.165) is 28.4 Å². The van der Waals surface area contributed by atoms with E-state index in [0.29, 0.717) is 12.6 Å². The van der Waals surface area contributed by atoms with E-state index in [-0.39, 0.29) is 0 Å². The number of ether oxygens (including phenoxy) is 1. The molecule has 0 saturated heterocycles. The van der Waals surface area contributed by atoms with Crippen molar-refractivity contribution in [2.24, 2.45) is 0 Å². The molecule has 0 fully saturated rings. The summed E-state index contributed by atoms with van der Waals surface area (Å²) in [4.78, 5) is 0. The Labute approximate surface area is 132 Å². The first-order chi connectivity index (χ1) is 10.1. The van der Waals surface area contributed by atoms with Gasteiger partial charge in [-0.25, -0.2) is 0 Å². The van der Waals surface area contributed by atoms with Gasteiger partial charge in [0.2, 0.25) is 0 Å². The van der Waals surface area contributed by atoms with Gasteiger partial charge in [0.25, 0.3) is 0 Å². The van der Waals surface area contributed by atoms with Crippen molar-refractivity contribution in [3.8, 4) is 5.75 Å². The second-order valence-electron chi connectivity index (χ2n) is 5.23. The van der Waals surface area contributed by atoms with Gasteiger partial charge in [0, 0.05) is 16.6 Å². The summed E-state index contributed by atoms with van der Waals surface area (Å²) in [5, 5.41) is 4.15. The Balaban J connectivity index is 1.97. The number of benzene rings is 2. The highest BCUT2D eigenvalue weighted by Gasteiger charge is 2.05. The third kappa shape index (κ3) is 4.48. The molecular weight excluding hydrogens is 282 g/mol. The van der Waals surface area contributed by atoms with Crippen molar-refractivity contribution in [1.82, 2.24) is 5.32 Å². The molecule has 0 aliphatic rings. The predicted molar refractivity (Wildman–Crippen MR) is 89.1 cm³/mol. The number of hydrogen-bond acceptors (Lipinski definition) is 2. The Morgan fingerprint density at radius 1 is 1.14 bits per heavy atom. The summed E-state index contributed by atoms with van der Waals surface area (Å²) in [6.07, 6.45) is 0. The average molecular weight is 304 g/mol. The van der Waals surface area contributed by atoms with Crippen LogP contribution < -0.4 is 10.1 Å². The van der Waals surface area contributed by atoms with Crippen LogP contribution in [0.4, 0.5) is 0 Å². The van der Waals surface area contributed by atoms with Crippen molar-refractivity contribution in [2.45, 2.75) is 33.4 Å². The van der Waals surface area contributed by atoms with Gasteiger partial charge >= 0.3 is 0 Å². The van der Waals surface area contributed by atoms with Crippen LogP contribution in [0.1, 0.15) is 36.6 Å². The van der Waals surface area contributed by atoms with E-state index >= 15 is 0 Å². The van der Waals surface area contributed by atoms with Crippen molar-refractivity contribution in [3.05, 3.63) is 64.2 Å². The SMILES string of the molecule is CCNC(C)c1ccc(OCc2ccc(C)cc2Cl)cc1. The highest BCUT2D eigenvalue weighted by Crippen LogP contribution is 2.21. The second kappa shape index (κ2) is 7.48. The minimum Gasteiger partial charge on any atom is -0.489 e. The lowest BCUT2D eigenvalue weighted by Gasteiger charge is -2.13. The Morgan fingerprint density at radius 3 is 2.48 bits per heavy atom. The molecule has 2 aromatic rings.